The third kappa shape index (κ3) is 3.78. The topological polar surface area (TPSA) is 59.3 Å². The zero-order valence-electron chi connectivity index (χ0n) is 12.0. The smallest absolute Gasteiger partial charge is 0.106 e. The van der Waals surface area contributed by atoms with Gasteiger partial charge in [0.25, 0.3) is 0 Å². The summed E-state index contributed by atoms with van der Waals surface area (Å²) in [6.07, 6.45) is 4.28. The van der Waals surface area contributed by atoms with E-state index in [1.807, 2.05) is 6.92 Å². The highest BCUT2D eigenvalue weighted by atomic mass is 16.5. The molecule has 108 valence electrons. The van der Waals surface area contributed by atoms with Crippen molar-refractivity contribution in [3.8, 4) is 0 Å². The van der Waals surface area contributed by atoms with E-state index in [0.29, 0.717) is 19.7 Å². The Bertz CT molecular complexity index is 404. The SMILES string of the molecule is COCCNCC(O)Cn1c(C)nc2c1CCCC2. The van der Waals surface area contributed by atoms with Gasteiger partial charge in [0.15, 0.2) is 0 Å². The summed E-state index contributed by atoms with van der Waals surface area (Å²) in [5.41, 5.74) is 2.57. The molecule has 0 aromatic carbocycles. The van der Waals surface area contributed by atoms with Crippen LogP contribution < -0.4 is 5.32 Å². The summed E-state index contributed by atoms with van der Waals surface area (Å²) in [4.78, 5) is 4.63. The lowest BCUT2D eigenvalue weighted by Gasteiger charge is -2.18. The van der Waals surface area contributed by atoms with Gasteiger partial charge >= 0.3 is 0 Å². The fourth-order valence-electron chi connectivity index (χ4n) is 2.70. The minimum atomic E-state index is -0.379. The number of hydrogen-bond donors (Lipinski definition) is 2. The number of nitrogens with zero attached hydrogens (tertiary/aromatic N) is 2. The maximum Gasteiger partial charge on any atom is 0.106 e. The average molecular weight is 267 g/mol. The number of aliphatic hydroxyl groups is 1. The number of aryl methyl sites for hydroxylation is 2. The van der Waals surface area contributed by atoms with E-state index in [4.69, 9.17) is 4.74 Å². The van der Waals surface area contributed by atoms with Gasteiger partial charge in [0.2, 0.25) is 0 Å². The van der Waals surface area contributed by atoms with Gasteiger partial charge in [-0.2, -0.15) is 0 Å². The molecule has 2 N–H and O–H groups in total. The number of ether oxygens (including phenoxy) is 1. The van der Waals surface area contributed by atoms with E-state index in [0.717, 1.165) is 25.2 Å². The van der Waals surface area contributed by atoms with Gasteiger partial charge in [-0.05, 0) is 32.6 Å². The van der Waals surface area contributed by atoms with Crippen molar-refractivity contribution in [3.63, 3.8) is 0 Å². The minimum Gasteiger partial charge on any atom is -0.390 e. The van der Waals surface area contributed by atoms with Gasteiger partial charge in [0.05, 0.1) is 24.9 Å². The Morgan fingerprint density at radius 2 is 2.21 bits per heavy atom. The Morgan fingerprint density at radius 3 is 3.00 bits per heavy atom. The molecule has 5 nitrogen and oxygen atoms in total. The molecule has 0 fully saturated rings. The highest BCUT2D eigenvalue weighted by Gasteiger charge is 2.19. The number of aliphatic hydroxyl groups excluding tert-OH is 1. The second kappa shape index (κ2) is 7.03. The van der Waals surface area contributed by atoms with Crippen molar-refractivity contribution in [2.45, 2.75) is 45.3 Å². The maximum atomic E-state index is 10.1. The van der Waals surface area contributed by atoms with Crippen molar-refractivity contribution in [1.29, 1.82) is 0 Å². The first-order valence-electron chi connectivity index (χ1n) is 7.15. The number of nitrogens with one attached hydrogen (secondary N) is 1. The number of imidazole rings is 1. The summed E-state index contributed by atoms with van der Waals surface area (Å²) in [5, 5.41) is 13.3. The van der Waals surface area contributed by atoms with Gasteiger partial charge in [-0.3, -0.25) is 0 Å². The molecule has 1 atom stereocenters. The lowest BCUT2D eigenvalue weighted by Crippen LogP contribution is -2.33. The van der Waals surface area contributed by atoms with Crippen LogP contribution in [0.25, 0.3) is 0 Å². The lowest BCUT2D eigenvalue weighted by atomic mass is 10.0. The summed E-state index contributed by atoms with van der Waals surface area (Å²) in [6, 6.07) is 0. The normalized spacial score (nSPS) is 16.4. The first-order chi connectivity index (χ1) is 9.22. The number of aromatic nitrogens is 2. The fourth-order valence-corrected chi connectivity index (χ4v) is 2.70. The van der Waals surface area contributed by atoms with E-state index < -0.39 is 0 Å². The summed E-state index contributed by atoms with van der Waals surface area (Å²) < 4.78 is 7.16. The molecule has 0 bridgehead atoms. The van der Waals surface area contributed by atoms with Crippen molar-refractivity contribution in [3.05, 3.63) is 17.2 Å². The van der Waals surface area contributed by atoms with Gasteiger partial charge in [-0.25, -0.2) is 4.98 Å². The van der Waals surface area contributed by atoms with Crippen molar-refractivity contribution in [2.24, 2.45) is 0 Å². The van der Waals surface area contributed by atoms with Gasteiger partial charge < -0.3 is 19.7 Å². The van der Waals surface area contributed by atoms with Crippen molar-refractivity contribution >= 4 is 0 Å². The van der Waals surface area contributed by atoms with E-state index in [1.165, 1.54) is 24.2 Å². The second-order valence-electron chi connectivity index (χ2n) is 5.22. The molecular weight excluding hydrogens is 242 g/mol. The molecule has 0 saturated carbocycles. The molecule has 0 spiro atoms. The molecule has 0 saturated heterocycles. The van der Waals surface area contributed by atoms with E-state index in [9.17, 15) is 5.11 Å². The third-order valence-corrected chi connectivity index (χ3v) is 3.68. The molecule has 1 unspecified atom stereocenters. The van der Waals surface area contributed by atoms with E-state index in [2.05, 4.69) is 14.9 Å². The van der Waals surface area contributed by atoms with Crippen molar-refractivity contribution < 1.29 is 9.84 Å². The van der Waals surface area contributed by atoms with Gasteiger partial charge in [-0.1, -0.05) is 0 Å². The van der Waals surface area contributed by atoms with Crippen LogP contribution in [0, 0.1) is 6.92 Å². The van der Waals surface area contributed by atoms with Crippen LogP contribution in [0.15, 0.2) is 0 Å². The summed E-state index contributed by atoms with van der Waals surface area (Å²) in [5.74, 6) is 1.03. The number of hydrogen-bond acceptors (Lipinski definition) is 4. The van der Waals surface area contributed by atoms with Crippen LogP contribution in [0.4, 0.5) is 0 Å². The van der Waals surface area contributed by atoms with Crippen LogP contribution in [-0.2, 0) is 24.1 Å². The van der Waals surface area contributed by atoms with Crippen LogP contribution in [0.3, 0.4) is 0 Å². The molecule has 1 aliphatic carbocycles. The molecule has 0 radical (unpaired) electrons. The van der Waals surface area contributed by atoms with Crippen LogP contribution in [0.5, 0.6) is 0 Å². The van der Waals surface area contributed by atoms with Crippen LogP contribution in [0.2, 0.25) is 0 Å². The Labute approximate surface area is 115 Å². The first-order valence-corrected chi connectivity index (χ1v) is 7.15. The molecule has 19 heavy (non-hydrogen) atoms. The Kier molecular flexibility index (Phi) is 5.36. The average Bonchev–Trinajstić information content (AvgIpc) is 2.72. The Morgan fingerprint density at radius 1 is 1.42 bits per heavy atom. The standard InChI is InChI=1S/C14H25N3O2/c1-11-16-13-5-3-4-6-14(13)17(11)10-12(18)9-15-7-8-19-2/h12,15,18H,3-10H2,1-2H3. The van der Waals surface area contributed by atoms with Gasteiger partial charge in [0, 0.05) is 25.9 Å². The molecule has 1 heterocycles. The van der Waals surface area contributed by atoms with Gasteiger partial charge in [0.1, 0.15) is 5.82 Å². The molecule has 1 aliphatic rings. The van der Waals surface area contributed by atoms with E-state index in [1.54, 1.807) is 7.11 Å². The monoisotopic (exact) mass is 267 g/mol. The van der Waals surface area contributed by atoms with Crippen LogP contribution in [0.1, 0.15) is 30.1 Å². The first kappa shape index (κ1) is 14.5. The largest absolute Gasteiger partial charge is 0.390 e. The predicted molar refractivity (Wildman–Crippen MR) is 74.4 cm³/mol. The maximum absolute atomic E-state index is 10.1. The van der Waals surface area contributed by atoms with Crippen LogP contribution >= 0.6 is 0 Å². The quantitative estimate of drug-likeness (QED) is 0.713. The van der Waals surface area contributed by atoms with Gasteiger partial charge in [-0.15, -0.1) is 0 Å². The zero-order chi connectivity index (χ0) is 13.7. The van der Waals surface area contributed by atoms with E-state index in [-0.39, 0.29) is 6.10 Å². The van der Waals surface area contributed by atoms with Crippen LogP contribution in [-0.4, -0.2) is 47.6 Å². The molecule has 2 rings (SSSR count). The second-order valence-corrected chi connectivity index (χ2v) is 5.22. The number of methoxy groups -OCH3 is 1. The van der Waals surface area contributed by atoms with Crippen molar-refractivity contribution in [1.82, 2.24) is 14.9 Å². The van der Waals surface area contributed by atoms with Crippen molar-refractivity contribution in [2.75, 3.05) is 26.8 Å². The predicted octanol–water partition coefficient (Wildman–Crippen LogP) is 0.667. The molecule has 1 aromatic heterocycles. The zero-order valence-corrected chi connectivity index (χ0v) is 12.0. The molecule has 0 amide bonds. The summed E-state index contributed by atoms with van der Waals surface area (Å²) in [6.45, 7) is 4.70. The number of fused-ring (bicyclic) bond motifs is 1. The third-order valence-electron chi connectivity index (χ3n) is 3.68. The molecule has 1 aromatic rings. The fraction of sp³-hybridized carbons (Fsp3) is 0.786. The number of rotatable bonds is 7. The van der Waals surface area contributed by atoms with E-state index >= 15 is 0 Å². The molecule has 0 aliphatic heterocycles. The lowest BCUT2D eigenvalue weighted by molar-refractivity contribution is 0.142. The summed E-state index contributed by atoms with van der Waals surface area (Å²) in [7, 11) is 1.68. The molecule has 5 heteroatoms. The highest BCUT2D eigenvalue weighted by molar-refractivity contribution is 5.20. The minimum absolute atomic E-state index is 0.379. The highest BCUT2D eigenvalue weighted by Crippen LogP contribution is 2.22. The molecular formula is C14H25N3O2. The summed E-state index contributed by atoms with van der Waals surface area (Å²) >= 11 is 0. The Hall–Kier alpha value is -0.910. The Balaban J connectivity index is 1.89.